The largest absolute Gasteiger partial charge is 0.410 e. The third kappa shape index (κ3) is 4.32. The van der Waals surface area contributed by atoms with Gasteiger partial charge in [0.2, 0.25) is 0 Å². The van der Waals surface area contributed by atoms with Crippen LogP contribution < -0.4 is 5.10 Å². The fraction of sp³-hybridized carbons (Fsp3) is 0.200. The summed E-state index contributed by atoms with van der Waals surface area (Å²) in [5.41, 5.74) is 0.973. The summed E-state index contributed by atoms with van der Waals surface area (Å²) in [7, 11) is 0. The Morgan fingerprint density at radius 2 is 1.88 bits per heavy atom. The van der Waals surface area contributed by atoms with Crippen LogP contribution in [-0.4, -0.2) is 26.4 Å². The van der Waals surface area contributed by atoms with Gasteiger partial charge in [-0.05, 0) is 0 Å². The standard InChI is InChI=1S/C8H6N5O.C2H6.Y/c14-11-7(8-9-12-13-10-8)6-4-2-1-3-5-6;1-2;/h1-5H,(H-,9,10,12,13,14);1-2H3;/q-1;;. The Balaban J connectivity index is 0.000000811. The molecule has 0 atom stereocenters. The van der Waals surface area contributed by atoms with Crippen molar-refractivity contribution in [2.75, 3.05) is 0 Å². The molecule has 0 aliphatic heterocycles. The van der Waals surface area contributed by atoms with Crippen LogP contribution in [0.15, 0.2) is 35.5 Å². The molecule has 0 fully saturated rings. The zero-order chi connectivity index (χ0) is 11.8. The van der Waals surface area contributed by atoms with Crippen LogP contribution in [0.4, 0.5) is 0 Å². The van der Waals surface area contributed by atoms with E-state index in [9.17, 15) is 0 Å². The van der Waals surface area contributed by atoms with Crippen LogP contribution >= 0.6 is 0 Å². The Morgan fingerprint density at radius 1 is 1.24 bits per heavy atom. The molecule has 0 saturated carbocycles. The van der Waals surface area contributed by atoms with Gasteiger partial charge in [-0.15, -0.1) is 0 Å². The second-order valence-electron chi connectivity index (χ2n) is 2.52. The Kier molecular flexibility index (Phi) is 8.35. The molecule has 2 rings (SSSR count). The SMILES string of the molecule is CC.ON=C(c1ccccc1)c1nnn[n-]1.[Y]. The van der Waals surface area contributed by atoms with E-state index in [0.29, 0.717) is 5.56 Å². The van der Waals surface area contributed by atoms with Gasteiger partial charge in [0.05, 0.1) is 5.82 Å². The quantitative estimate of drug-likeness (QED) is 0.510. The molecule has 87 valence electrons. The third-order valence-electron chi connectivity index (χ3n) is 1.68. The molecule has 0 bridgehead atoms. The van der Waals surface area contributed by atoms with Gasteiger partial charge < -0.3 is 10.3 Å². The van der Waals surface area contributed by atoms with Crippen LogP contribution in [-0.2, 0) is 32.7 Å². The van der Waals surface area contributed by atoms with Gasteiger partial charge >= 0.3 is 0 Å². The molecule has 0 unspecified atom stereocenters. The van der Waals surface area contributed by atoms with Crippen molar-refractivity contribution in [1.82, 2.24) is 20.6 Å². The molecule has 0 aliphatic carbocycles. The van der Waals surface area contributed by atoms with Crippen molar-refractivity contribution in [3.05, 3.63) is 41.7 Å². The van der Waals surface area contributed by atoms with Gasteiger partial charge in [-0.3, -0.25) is 10.3 Å². The number of oxime groups is 1. The third-order valence-corrected chi connectivity index (χ3v) is 1.68. The maximum absolute atomic E-state index is 8.80. The van der Waals surface area contributed by atoms with Crippen molar-refractivity contribution in [2.24, 2.45) is 5.16 Å². The molecule has 0 aliphatic rings. The number of benzene rings is 1. The van der Waals surface area contributed by atoms with E-state index < -0.39 is 0 Å². The first-order chi connectivity index (χ1) is 7.92. The summed E-state index contributed by atoms with van der Waals surface area (Å²) >= 11 is 0. The predicted molar refractivity (Wildman–Crippen MR) is 58.4 cm³/mol. The van der Waals surface area contributed by atoms with Crippen LogP contribution in [0, 0.1) is 0 Å². The summed E-state index contributed by atoms with van der Waals surface area (Å²) in [5.74, 6) is 0.207. The number of hydrogen-bond acceptors (Lipinski definition) is 5. The van der Waals surface area contributed by atoms with Crippen molar-refractivity contribution in [3.8, 4) is 0 Å². The molecular formula is C10H12N5OY-. The summed E-state index contributed by atoms with van der Waals surface area (Å²) in [5, 5.41) is 25.7. The van der Waals surface area contributed by atoms with E-state index in [1.807, 2.05) is 32.0 Å². The van der Waals surface area contributed by atoms with Gasteiger partial charge in [0.1, 0.15) is 5.71 Å². The Hall–Kier alpha value is -1.14. The molecule has 2 aromatic rings. The second kappa shape index (κ2) is 8.95. The van der Waals surface area contributed by atoms with Crippen molar-refractivity contribution in [1.29, 1.82) is 0 Å². The smallest absolute Gasteiger partial charge is 0.124 e. The van der Waals surface area contributed by atoms with Gasteiger partial charge in [0.15, 0.2) is 0 Å². The van der Waals surface area contributed by atoms with Crippen LogP contribution in [0.2, 0.25) is 0 Å². The number of nitrogens with zero attached hydrogens (tertiary/aromatic N) is 5. The van der Waals surface area contributed by atoms with Crippen LogP contribution in [0.1, 0.15) is 25.2 Å². The first-order valence-corrected chi connectivity index (χ1v) is 4.88. The molecular weight excluding hydrogens is 295 g/mol. The number of tetrazole rings is 1. The average molecular weight is 307 g/mol. The molecule has 0 amide bonds. The first kappa shape index (κ1) is 15.9. The molecule has 1 aromatic heterocycles. The number of hydrogen-bond donors (Lipinski definition) is 1. The minimum Gasteiger partial charge on any atom is -0.410 e. The molecule has 1 heterocycles. The van der Waals surface area contributed by atoms with Crippen LogP contribution in [0.3, 0.4) is 0 Å². The zero-order valence-electron chi connectivity index (χ0n) is 9.65. The average Bonchev–Trinajstić information content (AvgIpc) is 2.88. The molecule has 6 nitrogen and oxygen atoms in total. The summed E-state index contributed by atoms with van der Waals surface area (Å²) in [6.07, 6.45) is 0. The molecule has 0 spiro atoms. The topological polar surface area (TPSA) is 85.4 Å². The monoisotopic (exact) mass is 307 g/mol. The van der Waals surface area contributed by atoms with Gasteiger partial charge in [-0.25, -0.2) is 0 Å². The number of aromatic nitrogens is 4. The van der Waals surface area contributed by atoms with Crippen LogP contribution in [0.5, 0.6) is 0 Å². The number of rotatable bonds is 2. The van der Waals surface area contributed by atoms with E-state index in [2.05, 4.69) is 25.8 Å². The first-order valence-electron chi connectivity index (χ1n) is 4.88. The summed E-state index contributed by atoms with van der Waals surface area (Å²) < 4.78 is 0. The van der Waals surface area contributed by atoms with Gasteiger partial charge in [-0.1, -0.05) is 49.3 Å². The van der Waals surface area contributed by atoms with Gasteiger partial charge in [0.25, 0.3) is 0 Å². The molecule has 0 saturated heterocycles. The van der Waals surface area contributed by atoms with Gasteiger partial charge in [0, 0.05) is 38.3 Å². The second-order valence-corrected chi connectivity index (χ2v) is 2.52. The molecule has 7 heteroatoms. The molecule has 1 aromatic carbocycles. The minimum absolute atomic E-state index is 0. The van der Waals surface area contributed by atoms with Gasteiger partial charge in [-0.2, -0.15) is 5.21 Å². The fourth-order valence-electron chi connectivity index (χ4n) is 1.07. The van der Waals surface area contributed by atoms with Crippen molar-refractivity contribution in [3.63, 3.8) is 0 Å². The van der Waals surface area contributed by atoms with Crippen molar-refractivity contribution < 1.29 is 37.9 Å². The predicted octanol–water partition coefficient (Wildman–Crippen LogP) is 1.08. The normalized spacial score (nSPS) is 9.88. The van der Waals surface area contributed by atoms with E-state index >= 15 is 0 Å². The van der Waals surface area contributed by atoms with E-state index in [4.69, 9.17) is 5.21 Å². The van der Waals surface area contributed by atoms with E-state index in [1.165, 1.54) is 0 Å². The molecule has 1 radical (unpaired) electrons. The van der Waals surface area contributed by atoms with E-state index in [1.54, 1.807) is 12.1 Å². The van der Waals surface area contributed by atoms with Crippen molar-refractivity contribution in [2.45, 2.75) is 13.8 Å². The Bertz CT molecular complexity index is 429. The van der Waals surface area contributed by atoms with Crippen molar-refractivity contribution >= 4 is 5.71 Å². The van der Waals surface area contributed by atoms with E-state index in [-0.39, 0.29) is 44.2 Å². The summed E-state index contributed by atoms with van der Waals surface area (Å²) in [4.78, 5) is 0. The maximum Gasteiger partial charge on any atom is 0.124 e. The summed E-state index contributed by atoms with van der Waals surface area (Å²) in [6.45, 7) is 4.00. The summed E-state index contributed by atoms with van der Waals surface area (Å²) in [6, 6.07) is 9.08. The molecule has 17 heavy (non-hydrogen) atoms. The van der Waals surface area contributed by atoms with E-state index in [0.717, 1.165) is 0 Å². The fourth-order valence-corrected chi connectivity index (χ4v) is 1.07. The molecule has 1 N–H and O–H groups in total. The Labute approximate surface area is 124 Å². The maximum atomic E-state index is 8.80. The Morgan fingerprint density at radius 3 is 2.35 bits per heavy atom. The minimum atomic E-state index is 0. The van der Waals surface area contributed by atoms with Crippen LogP contribution in [0.25, 0.3) is 0 Å². The zero-order valence-corrected chi connectivity index (χ0v) is 12.5.